The molecule has 182 valence electrons. The van der Waals surface area contributed by atoms with Gasteiger partial charge < -0.3 is 4.90 Å². The van der Waals surface area contributed by atoms with Gasteiger partial charge in [-0.25, -0.2) is 16.8 Å². The highest BCUT2D eigenvalue weighted by Gasteiger charge is 2.31. The molecule has 1 heterocycles. The summed E-state index contributed by atoms with van der Waals surface area (Å²) in [5.74, 6) is 0.396. The van der Waals surface area contributed by atoms with Crippen LogP contribution in [0.15, 0.2) is 47.4 Å². The van der Waals surface area contributed by atoms with Crippen molar-refractivity contribution in [1.82, 2.24) is 4.90 Å². The first kappa shape index (κ1) is 26.6. The van der Waals surface area contributed by atoms with Crippen LogP contribution in [-0.2, 0) is 19.9 Å². The van der Waals surface area contributed by atoms with Gasteiger partial charge in [0.2, 0.25) is 0 Å². The average Bonchev–Trinajstić information content (AvgIpc) is 2.75. The summed E-state index contributed by atoms with van der Waals surface area (Å²) < 4.78 is 51.7. The zero-order chi connectivity index (χ0) is 24.2. The number of sulfone groups is 1. The van der Waals surface area contributed by atoms with Crippen LogP contribution in [0, 0.1) is 0 Å². The number of hydrogen-bond acceptors (Lipinski definition) is 5. The number of unbranched alkanes of at least 4 members (excludes halogenated alkanes) is 1. The van der Waals surface area contributed by atoms with Crippen LogP contribution in [0.5, 0.6) is 0 Å². The molecule has 0 N–H and O–H groups in total. The zero-order valence-electron chi connectivity index (χ0n) is 18.3. The summed E-state index contributed by atoms with van der Waals surface area (Å²) in [4.78, 5) is 2.26. The molecule has 2 aromatic carbocycles. The fraction of sp³-hybridized carbons (Fsp3) is 0.455. The monoisotopic (exact) mass is 552 g/mol. The second kappa shape index (κ2) is 11.1. The van der Waals surface area contributed by atoms with Crippen molar-refractivity contribution in [3.63, 3.8) is 0 Å². The fourth-order valence-electron chi connectivity index (χ4n) is 3.84. The van der Waals surface area contributed by atoms with E-state index < -0.39 is 19.9 Å². The van der Waals surface area contributed by atoms with E-state index in [1.54, 1.807) is 18.2 Å². The van der Waals surface area contributed by atoms with Gasteiger partial charge in [0.25, 0.3) is 10.0 Å². The Morgan fingerprint density at radius 3 is 2.21 bits per heavy atom. The van der Waals surface area contributed by atoms with Crippen molar-refractivity contribution in [2.24, 2.45) is 0 Å². The number of nitrogens with zero attached hydrogens (tertiary/aromatic N) is 2. The molecule has 33 heavy (non-hydrogen) atoms. The third kappa shape index (κ3) is 6.99. The molecule has 2 aromatic rings. The molecule has 0 bridgehead atoms. The van der Waals surface area contributed by atoms with Crippen LogP contribution in [0.25, 0.3) is 0 Å². The summed E-state index contributed by atoms with van der Waals surface area (Å²) in [7, 11) is -6.83. The third-order valence-electron chi connectivity index (χ3n) is 5.70. The molecule has 3 rings (SSSR count). The zero-order valence-corrected chi connectivity index (χ0v) is 22.2. The number of halogens is 3. The number of benzene rings is 2. The average molecular weight is 554 g/mol. The van der Waals surface area contributed by atoms with E-state index in [1.807, 2.05) is 6.92 Å². The maximum atomic E-state index is 13.6. The van der Waals surface area contributed by atoms with E-state index >= 15 is 0 Å². The SMILES string of the molecule is C[C@H](CCCCN1CCS(=O)(=O)CC1)N(c1cc(Cl)ccc1Cl)S(=O)(=O)c1ccc(Cl)cc1. The second-order valence-electron chi connectivity index (χ2n) is 8.19. The lowest BCUT2D eigenvalue weighted by Crippen LogP contribution is -2.41. The van der Waals surface area contributed by atoms with Crippen molar-refractivity contribution in [2.45, 2.75) is 37.1 Å². The van der Waals surface area contributed by atoms with Crippen LogP contribution >= 0.6 is 34.8 Å². The molecule has 1 saturated heterocycles. The van der Waals surface area contributed by atoms with E-state index in [1.165, 1.54) is 28.6 Å². The molecule has 11 heteroatoms. The van der Waals surface area contributed by atoms with Gasteiger partial charge in [-0.2, -0.15) is 0 Å². The Hall–Kier alpha value is -1.03. The van der Waals surface area contributed by atoms with Crippen LogP contribution in [0.3, 0.4) is 0 Å². The summed E-state index contributed by atoms with van der Waals surface area (Å²) in [6, 6.07) is 10.4. The number of anilines is 1. The molecular formula is C22H27Cl3N2O4S2. The predicted molar refractivity (Wildman–Crippen MR) is 136 cm³/mol. The highest BCUT2D eigenvalue weighted by Crippen LogP contribution is 2.35. The Balaban J connectivity index is 1.75. The van der Waals surface area contributed by atoms with E-state index in [2.05, 4.69) is 4.90 Å². The maximum absolute atomic E-state index is 13.6. The number of rotatable bonds is 9. The van der Waals surface area contributed by atoms with Gasteiger partial charge in [-0.3, -0.25) is 4.31 Å². The maximum Gasteiger partial charge on any atom is 0.264 e. The quantitative estimate of drug-likeness (QED) is 0.402. The van der Waals surface area contributed by atoms with E-state index in [0.29, 0.717) is 40.3 Å². The van der Waals surface area contributed by atoms with E-state index in [9.17, 15) is 16.8 Å². The molecule has 0 unspecified atom stereocenters. The van der Waals surface area contributed by atoms with Crippen LogP contribution in [0.2, 0.25) is 15.1 Å². The first-order valence-corrected chi connectivity index (χ1v) is 15.1. The number of hydrogen-bond donors (Lipinski definition) is 0. The fourth-order valence-corrected chi connectivity index (χ4v) is 7.37. The molecule has 0 radical (unpaired) electrons. The highest BCUT2D eigenvalue weighted by molar-refractivity contribution is 7.93. The predicted octanol–water partition coefficient (Wildman–Crippen LogP) is 5.13. The summed E-state index contributed by atoms with van der Waals surface area (Å²) in [6.07, 6.45) is 2.21. The summed E-state index contributed by atoms with van der Waals surface area (Å²) in [5, 5.41) is 1.12. The lowest BCUT2D eigenvalue weighted by molar-refractivity contribution is 0.287. The normalized spacial score (nSPS) is 17.6. The van der Waals surface area contributed by atoms with Gasteiger partial charge in [0.15, 0.2) is 9.84 Å². The molecule has 0 saturated carbocycles. The van der Waals surface area contributed by atoms with Gasteiger partial charge in [0, 0.05) is 29.2 Å². The smallest absolute Gasteiger partial charge is 0.264 e. The minimum atomic E-state index is -3.93. The third-order valence-corrected chi connectivity index (χ3v) is 10.1. The molecule has 6 nitrogen and oxygen atoms in total. The highest BCUT2D eigenvalue weighted by atomic mass is 35.5. The second-order valence-corrected chi connectivity index (χ2v) is 13.6. The van der Waals surface area contributed by atoms with Gasteiger partial charge in [-0.1, -0.05) is 41.2 Å². The minimum absolute atomic E-state index is 0.115. The van der Waals surface area contributed by atoms with E-state index in [-0.39, 0.29) is 22.4 Å². The topological polar surface area (TPSA) is 74.8 Å². The van der Waals surface area contributed by atoms with Crippen LogP contribution in [0.1, 0.15) is 26.2 Å². The van der Waals surface area contributed by atoms with Crippen molar-refractivity contribution in [1.29, 1.82) is 0 Å². The lowest BCUT2D eigenvalue weighted by atomic mass is 10.1. The Morgan fingerprint density at radius 2 is 1.58 bits per heavy atom. The standard InChI is InChI=1S/C22H27Cl3N2O4S2/c1-17(4-2-3-11-26-12-14-32(28,29)15-13-26)27(22-16-19(24)7-10-21(22)25)33(30,31)20-8-5-18(23)6-9-20/h5-10,16-17H,2-4,11-15H2,1H3/t17-/m1/s1. The van der Waals surface area contributed by atoms with Gasteiger partial charge in [-0.05, 0) is 68.8 Å². The molecule has 0 amide bonds. The van der Waals surface area contributed by atoms with Crippen LogP contribution in [-0.4, -0.2) is 58.9 Å². The molecule has 0 spiro atoms. The Bertz CT molecular complexity index is 1160. The Kier molecular flexibility index (Phi) is 8.97. The van der Waals surface area contributed by atoms with Gasteiger partial charge in [-0.15, -0.1) is 0 Å². The van der Waals surface area contributed by atoms with E-state index in [4.69, 9.17) is 34.8 Å². The molecule has 0 aromatic heterocycles. The lowest BCUT2D eigenvalue weighted by Gasteiger charge is -2.32. The van der Waals surface area contributed by atoms with Crippen LogP contribution in [0.4, 0.5) is 5.69 Å². The van der Waals surface area contributed by atoms with Crippen molar-refractivity contribution >= 4 is 60.4 Å². The largest absolute Gasteiger partial charge is 0.301 e. The molecule has 1 fully saturated rings. The Labute approximate surface area is 211 Å². The molecule has 0 aliphatic carbocycles. The first-order chi connectivity index (χ1) is 15.5. The van der Waals surface area contributed by atoms with Gasteiger partial charge in [0.1, 0.15) is 0 Å². The Morgan fingerprint density at radius 1 is 0.970 bits per heavy atom. The van der Waals surface area contributed by atoms with Crippen molar-refractivity contribution in [3.05, 3.63) is 57.5 Å². The summed E-state index contributed by atoms with van der Waals surface area (Å²) >= 11 is 18.5. The molecule has 1 aliphatic heterocycles. The van der Waals surface area contributed by atoms with Crippen LogP contribution < -0.4 is 4.31 Å². The van der Waals surface area contributed by atoms with Crippen molar-refractivity contribution in [2.75, 3.05) is 35.4 Å². The van der Waals surface area contributed by atoms with Gasteiger partial charge >= 0.3 is 0 Å². The van der Waals surface area contributed by atoms with Crippen molar-refractivity contribution < 1.29 is 16.8 Å². The summed E-state index contributed by atoms with van der Waals surface area (Å²) in [6.45, 7) is 3.72. The molecule has 1 aliphatic rings. The van der Waals surface area contributed by atoms with E-state index in [0.717, 1.165) is 19.4 Å². The van der Waals surface area contributed by atoms with Gasteiger partial charge in [0.05, 0.1) is 27.1 Å². The number of sulfonamides is 1. The van der Waals surface area contributed by atoms with Crippen molar-refractivity contribution in [3.8, 4) is 0 Å². The summed E-state index contributed by atoms with van der Waals surface area (Å²) in [5.41, 5.74) is 0.327. The molecule has 1 atom stereocenters. The molecular weight excluding hydrogens is 527 g/mol. The minimum Gasteiger partial charge on any atom is -0.301 e. The first-order valence-electron chi connectivity index (χ1n) is 10.7.